The van der Waals surface area contributed by atoms with E-state index in [9.17, 15) is 23.6 Å². The molecule has 5 unspecified atom stereocenters. The van der Waals surface area contributed by atoms with Crippen LogP contribution in [0.25, 0.3) is 0 Å². The number of aliphatic hydroxyl groups is 1. The summed E-state index contributed by atoms with van der Waals surface area (Å²) in [5, 5.41) is 13.2. The molecule has 3 rings (SSSR count). The molecule has 2 aromatic rings. The lowest BCUT2D eigenvalue weighted by atomic mass is 9.89. The van der Waals surface area contributed by atoms with Gasteiger partial charge in [-0.2, -0.15) is 4.91 Å². The Labute approximate surface area is 189 Å². The van der Waals surface area contributed by atoms with E-state index in [1.165, 1.54) is 18.2 Å². The highest BCUT2D eigenvalue weighted by molar-refractivity contribution is 5.59. The highest BCUT2D eigenvalue weighted by atomic mass is 19.1. The summed E-state index contributed by atoms with van der Waals surface area (Å²) in [5.74, 6) is 0.182. The Morgan fingerprint density at radius 1 is 1.18 bits per heavy atom. The molecule has 1 N–H and O–H groups in total. The van der Waals surface area contributed by atoms with Gasteiger partial charge in [0.05, 0.1) is 13.7 Å². The van der Waals surface area contributed by atoms with E-state index in [-0.39, 0.29) is 13.0 Å². The largest absolute Gasteiger partial charge is 0.508 e. The van der Waals surface area contributed by atoms with Crippen molar-refractivity contribution < 1.29 is 37.6 Å². The summed E-state index contributed by atoms with van der Waals surface area (Å²) in [6.45, 7) is 1.10. The number of benzene rings is 2. The van der Waals surface area contributed by atoms with Crippen LogP contribution in [0, 0.1) is 10.7 Å². The van der Waals surface area contributed by atoms with Gasteiger partial charge in [0.15, 0.2) is 12.2 Å². The summed E-state index contributed by atoms with van der Waals surface area (Å²) in [6, 6.07) is 9.67. The molecule has 0 aromatic heterocycles. The lowest BCUT2D eigenvalue weighted by molar-refractivity contribution is -0.170. The number of hydrogen-bond donors (Lipinski definition) is 1. The van der Waals surface area contributed by atoms with Gasteiger partial charge >= 0.3 is 6.16 Å². The number of carbonyl (C=O) groups excluding carboxylic acids is 1. The molecule has 178 valence electrons. The second-order valence-electron chi connectivity index (χ2n) is 7.50. The van der Waals surface area contributed by atoms with Crippen LogP contribution >= 0.6 is 0 Å². The Kier molecular flexibility index (Phi) is 8.29. The predicted molar refractivity (Wildman–Crippen MR) is 113 cm³/mol. The van der Waals surface area contributed by atoms with E-state index in [0.29, 0.717) is 16.9 Å². The second kappa shape index (κ2) is 11.2. The minimum Gasteiger partial charge on any atom is -0.497 e. The third-order valence-corrected chi connectivity index (χ3v) is 5.36. The van der Waals surface area contributed by atoms with Crippen molar-refractivity contribution in [1.82, 2.24) is 0 Å². The van der Waals surface area contributed by atoms with Gasteiger partial charge in [0, 0.05) is 6.42 Å². The molecular formula is C23H25F2NO7. The molecule has 2 aromatic carbocycles. The smallest absolute Gasteiger partial charge is 0.497 e. The van der Waals surface area contributed by atoms with Crippen molar-refractivity contribution >= 4 is 6.16 Å². The molecule has 10 heteroatoms. The maximum atomic E-state index is 14.6. The van der Waals surface area contributed by atoms with E-state index >= 15 is 0 Å². The normalized spacial score (nSPS) is 24.7. The van der Waals surface area contributed by atoms with Crippen molar-refractivity contribution in [1.29, 1.82) is 0 Å². The fraction of sp³-hybridized carbons (Fsp3) is 0.435. The van der Waals surface area contributed by atoms with Gasteiger partial charge in [-0.1, -0.05) is 23.4 Å². The summed E-state index contributed by atoms with van der Waals surface area (Å²) in [5.41, 5.74) is 1.45. The first-order valence-electron chi connectivity index (χ1n) is 10.4. The van der Waals surface area contributed by atoms with Crippen LogP contribution < -0.4 is 4.74 Å². The van der Waals surface area contributed by atoms with Crippen molar-refractivity contribution in [3.63, 3.8) is 0 Å². The molecule has 33 heavy (non-hydrogen) atoms. The molecule has 1 fully saturated rings. The standard InChI is InChI=1S/C23H25F2NO7/c1-3-31-23(28)32-12-18-19(25)21(27)20(26-29)22(33-18)14-6-9-17(24)15(11-14)10-13-4-7-16(30-2)8-5-13/h4-9,11,18-22,27H,3,10,12H2,1-2H3. The Hall–Kier alpha value is -3.11. The number of hydrogen-bond acceptors (Lipinski definition) is 8. The van der Waals surface area contributed by atoms with Crippen LogP contribution in [0.5, 0.6) is 5.75 Å². The van der Waals surface area contributed by atoms with Crippen LogP contribution in [0.4, 0.5) is 13.6 Å². The molecule has 0 saturated carbocycles. The van der Waals surface area contributed by atoms with Crippen LogP contribution in [0.2, 0.25) is 0 Å². The van der Waals surface area contributed by atoms with Gasteiger partial charge < -0.3 is 24.1 Å². The Morgan fingerprint density at radius 2 is 1.91 bits per heavy atom. The zero-order chi connectivity index (χ0) is 24.0. The monoisotopic (exact) mass is 465 g/mol. The van der Waals surface area contributed by atoms with Crippen molar-refractivity contribution in [3.8, 4) is 5.75 Å². The molecule has 1 heterocycles. The Morgan fingerprint density at radius 3 is 2.55 bits per heavy atom. The van der Waals surface area contributed by atoms with Crippen LogP contribution in [0.1, 0.15) is 29.7 Å². The van der Waals surface area contributed by atoms with E-state index in [1.54, 1.807) is 38.3 Å². The lowest BCUT2D eigenvalue weighted by Gasteiger charge is -2.38. The lowest BCUT2D eigenvalue weighted by Crippen LogP contribution is -2.53. The fourth-order valence-electron chi connectivity index (χ4n) is 3.64. The summed E-state index contributed by atoms with van der Waals surface area (Å²) >= 11 is 0. The van der Waals surface area contributed by atoms with E-state index in [2.05, 4.69) is 9.91 Å². The summed E-state index contributed by atoms with van der Waals surface area (Å²) < 4.78 is 49.4. The number of carbonyl (C=O) groups is 1. The molecule has 8 nitrogen and oxygen atoms in total. The van der Waals surface area contributed by atoms with Gasteiger partial charge in [0.2, 0.25) is 0 Å². The topological polar surface area (TPSA) is 104 Å². The first-order valence-corrected chi connectivity index (χ1v) is 10.4. The maximum Gasteiger partial charge on any atom is 0.508 e. The number of nitrogens with zero attached hydrogens (tertiary/aromatic N) is 1. The zero-order valence-electron chi connectivity index (χ0n) is 18.1. The van der Waals surface area contributed by atoms with Crippen LogP contribution in [-0.2, 0) is 20.6 Å². The van der Waals surface area contributed by atoms with Gasteiger partial charge in [0.25, 0.3) is 0 Å². The molecular weight excluding hydrogens is 440 g/mol. The molecule has 0 aliphatic carbocycles. The number of methoxy groups -OCH3 is 1. The van der Waals surface area contributed by atoms with E-state index in [1.807, 2.05) is 0 Å². The number of aliphatic hydroxyl groups excluding tert-OH is 1. The van der Waals surface area contributed by atoms with Gasteiger partial charge in [-0.25, -0.2) is 13.6 Å². The average molecular weight is 465 g/mol. The maximum absolute atomic E-state index is 14.6. The molecule has 1 saturated heterocycles. The second-order valence-corrected chi connectivity index (χ2v) is 7.50. The summed E-state index contributed by atoms with van der Waals surface area (Å²) in [4.78, 5) is 22.9. The van der Waals surface area contributed by atoms with Crippen molar-refractivity contribution in [2.45, 2.75) is 43.9 Å². The van der Waals surface area contributed by atoms with Crippen LogP contribution in [-0.4, -0.2) is 56.0 Å². The van der Waals surface area contributed by atoms with Crippen LogP contribution in [0.3, 0.4) is 0 Å². The minimum absolute atomic E-state index is 0.0678. The van der Waals surface area contributed by atoms with Crippen molar-refractivity contribution in [2.75, 3.05) is 20.3 Å². The number of ether oxygens (including phenoxy) is 4. The molecule has 5 atom stereocenters. The minimum atomic E-state index is -2.03. The molecule has 0 amide bonds. The highest BCUT2D eigenvalue weighted by Gasteiger charge is 2.48. The number of alkyl halides is 1. The third kappa shape index (κ3) is 5.82. The zero-order valence-corrected chi connectivity index (χ0v) is 18.1. The average Bonchev–Trinajstić information content (AvgIpc) is 2.82. The first-order chi connectivity index (χ1) is 15.9. The quantitative estimate of drug-likeness (QED) is 0.466. The van der Waals surface area contributed by atoms with Gasteiger partial charge in [-0.15, -0.1) is 0 Å². The molecule has 0 spiro atoms. The number of rotatable bonds is 8. The number of halogens is 2. The third-order valence-electron chi connectivity index (χ3n) is 5.36. The van der Waals surface area contributed by atoms with Crippen LogP contribution in [0.15, 0.2) is 47.6 Å². The Balaban J connectivity index is 1.82. The molecule has 1 aliphatic heterocycles. The molecule has 0 bridgehead atoms. The molecule has 1 aliphatic rings. The van der Waals surface area contributed by atoms with Gasteiger partial charge in [0.1, 0.15) is 36.5 Å². The van der Waals surface area contributed by atoms with Crippen molar-refractivity contribution in [2.24, 2.45) is 5.18 Å². The Bertz CT molecular complexity index is 956. The van der Waals surface area contributed by atoms with E-state index in [0.717, 1.165) is 5.56 Å². The highest BCUT2D eigenvalue weighted by Crippen LogP contribution is 2.36. The van der Waals surface area contributed by atoms with E-state index < -0.39 is 49.1 Å². The predicted octanol–water partition coefficient (Wildman–Crippen LogP) is 3.87. The SMILES string of the molecule is CCOC(=O)OCC1OC(c2ccc(F)c(Cc3ccc(OC)cc3)c2)C(N=O)C(O)C1F. The number of nitroso groups, excluding NO2 is 1. The van der Waals surface area contributed by atoms with Gasteiger partial charge in [-0.05, 0) is 47.9 Å². The first kappa shape index (κ1) is 24.5. The van der Waals surface area contributed by atoms with Gasteiger partial charge in [-0.3, -0.25) is 0 Å². The van der Waals surface area contributed by atoms with E-state index in [4.69, 9.17) is 14.2 Å². The molecule has 0 radical (unpaired) electrons. The summed E-state index contributed by atoms with van der Waals surface area (Å²) in [7, 11) is 1.54. The fourth-order valence-corrected chi connectivity index (χ4v) is 3.64. The summed E-state index contributed by atoms with van der Waals surface area (Å²) in [6.07, 6.45) is -7.15. The van der Waals surface area contributed by atoms with Crippen molar-refractivity contribution in [3.05, 3.63) is 69.9 Å².